The van der Waals surface area contributed by atoms with Crippen LogP contribution in [0.1, 0.15) is 24.1 Å². The second-order valence-corrected chi connectivity index (χ2v) is 7.62. The summed E-state index contributed by atoms with van der Waals surface area (Å²) >= 11 is 8.99. The van der Waals surface area contributed by atoms with Crippen LogP contribution < -0.4 is 5.32 Å². The Bertz CT molecular complexity index is 746. The highest BCUT2D eigenvalue weighted by Gasteiger charge is 2.17. The van der Waals surface area contributed by atoms with E-state index in [2.05, 4.69) is 91.9 Å². The molecule has 3 rings (SSSR count). The number of halogens is 2. The molecule has 0 aliphatic heterocycles. The fourth-order valence-corrected chi connectivity index (χ4v) is 4.89. The van der Waals surface area contributed by atoms with Crippen molar-refractivity contribution in [2.75, 3.05) is 6.54 Å². The highest BCUT2D eigenvalue weighted by Crippen LogP contribution is 2.35. The van der Waals surface area contributed by atoms with E-state index in [1.165, 1.54) is 21.2 Å². The van der Waals surface area contributed by atoms with Crippen LogP contribution in [0, 0.1) is 0 Å². The summed E-state index contributed by atoms with van der Waals surface area (Å²) in [4.78, 5) is 0. The number of nitrogens with one attached hydrogen (secondary N) is 1. The molecule has 1 atom stereocenters. The van der Waals surface area contributed by atoms with Crippen molar-refractivity contribution in [2.24, 2.45) is 0 Å². The lowest BCUT2D eigenvalue weighted by Gasteiger charge is -2.19. The molecule has 4 heteroatoms. The molecule has 1 aromatic heterocycles. The molecule has 108 valence electrons. The zero-order valence-electron chi connectivity index (χ0n) is 11.6. The normalized spacial score (nSPS) is 12.7. The molecule has 0 spiro atoms. The first kappa shape index (κ1) is 15.2. The average molecular weight is 425 g/mol. The van der Waals surface area contributed by atoms with E-state index in [9.17, 15) is 0 Å². The van der Waals surface area contributed by atoms with Crippen molar-refractivity contribution in [3.63, 3.8) is 0 Å². The quantitative estimate of drug-likeness (QED) is 0.531. The van der Waals surface area contributed by atoms with Gasteiger partial charge < -0.3 is 5.32 Å². The molecule has 0 radical (unpaired) electrons. The lowest BCUT2D eigenvalue weighted by molar-refractivity contribution is 0.635. The molecule has 0 bridgehead atoms. The average Bonchev–Trinajstić information content (AvgIpc) is 2.87. The first-order chi connectivity index (χ1) is 10.2. The molecular formula is C17H15Br2NS. The van der Waals surface area contributed by atoms with Gasteiger partial charge in [-0.15, -0.1) is 11.3 Å². The van der Waals surface area contributed by atoms with Gasteiger partial charge in [0.15, 0.2) is 0 Å². The number of thiophene rings is 1. The van der Waals surface area contributed by atoms with Crippen LogP contribution >= 0.6 is 43.2 Å². The third-order valence-corrected chi connectivity index (χ3v) is 5.35. The van der Waals surface area contributed by atoms with Crippen molar-refractivity contribution in [2.45, 2.75) is 13.0 Å². The minimum Gasteiger partial charge on any atom is -0.306 e. The van der Waals surface area contributed by atoms with Crippen molar-refractivity contribution in [3.8, 4) is 0 Å². The van der Waals surface area contributed by atoms with Crippen molar-refractivity contribution >= 4 is 53.3 Å². The third kappa shape index (κ3) is 3.24. The van der Waals surface area contributed by atoms with Gasteiger partial charge in [-0.2, -0.15) is 0 Å². The third-order valence-electron chi connectivity index (χ3n) is 3.45. The van der Waals surface area contributed by atoms with Gasteiger partial charge in [-0.1, -0.05) is 57.0 Å². The van der Waals surface area contributed by atoms with E-state index in [-0.39, 0.29) is 6.04 Å². The van der Waals surface area contributed by atoms with Gasteiger partial charge in [0.25, 0.3) is 0 Å². The first-order valence-corrected chi connectivity index (χ1v) is 9.31. The Morgan fingerprint density at radius 3 is 2.52 bits per heavy atom. The topological polar surface area (TPSA) is 12.0 Å². The number of rotatable bonds is 4. The van der Waals surface area contributed by atoms with E-state index in [1.54, 1.807) is 0 Å². The molecule has 0 saturated heterocycles. The second-order valence-electron chi connectivity index (χ2n) is 4.88. The molecule has 1 nitrogen and oxygen atoms in total. The second kappa shape index (κ2) is 6.61. The molecule has 0 amide bonds. The zero-order valence-corrected chi connectivity index (χ0v) is 15.6. The number of fused-ring (bicyclic) bond motifs is 1. The summed E-state index contributed by atoms with van der Waals surface area (Å²) in [7, 11) is 0. The van der Waals surface area contributed by atoms with Crippen LogP contribution in [-0.4, -0.2) is 6.54 Å². The molecule has 0 fully saturated rings. The summed E-state index contributed by atoms with van der Waals surface area (Å²) in [5, 5.41) is 7.22. The molecule has 1 unspecified atom stereocenters. The van der Waals surface area contributed by atoms with Gasteiger partial charge in [-0.25, -0.2) is 0 Å². The summed E-state index contributed by atoms with van der Waals surface area (Å²) in [6.07, 6.45) is 0. The lowest BCUT2D eigenvalue weighted by Crippen LogP contribution is -2.21. The fraction of sp³-hybridized carbons (Fsp3) is 0.176. The summed E-state index contributed by atoms with van der Waals surface area (Å²) in [5.41, 5.74) is 2.61. The zero-order chi connectivity index (χ0) is 14.8. The van der Waals surface area contributed by atoms with Gasteiger partial charge in [0.2, 0.25) is 0 Å². The van der Waals surface area contributed by atoms with Crippen LogP contribution in [0.3, 0.4) is 0 Å². The van der Waals surface area contributed by atoms with E-state index >= 15 is 0 Å². The Morgan fingerprint density at radius 1 is 1.10 bits per heavy atom. The fourth-order valence-electron chi connectivity index (χ4n) is 2.58. The van der Waals surface area contributed by atoms with Crippen LogP contribution in [0.5, 0.6) is 0 Å². The van der Waals surface area contributed by atoms with E-state index in [0.717, 1.165) is 15.5 Å². The van der Waals surface area contributed by atoms with Gasteiger partial charge in [0, 0.05) is 13.6 Å². The molecule has 3 aromatic rings. The van der Waals surface area contributed by atoms with Gasteiger partial charge in [-0.05, 0) is 52.7 Å². The summed E-state index contributed by atoms with van der Waals surface area (Å²) < 4.78 is 3.52. The number of hydrogen-bond acceptors (Lipinski definition) is 2. The highest BCUT2D eigenvalue weighted by molar-refractivity contribution is 9.11. The molecule has 0 saturated carbocycles. The van der Waals surface area contributed by atoms with Crippen LogP contribution in [0.4, 0.5) is 0 Å². The smallest absolute Gasteiger partial charge is 0.0591 e. The summed E-state index contributed by atoms with van der Waals surface area (Å²) in [6.45, 7) is 3.08. The van der Waals surface area contributed by atoms with E-state index < -0.39 is 0 Å². The molecule has 1 N–H and O–H groups in total. The van der Waals surface area contributed by atoms with Gasteiger partial charge in [0.05, 0.1) is 6.04 Å². The van der Waals surface area contributed by atoms with Gasteiger partial charge >= 0.3 is 0 Å². The minimum atomic E-state index is 0.208. The Hall–Kier alpha value is -0.680. The lowest BCUT2D eigenvalue weighted by atomic mass is 9.98. The van der Waals surface area contributed by atoms with E-state index in [1.807, 2.05) is 11.3 Å². The van der Waals surface area contributed by atoms with Crippen LogP contribution in [-0.2, 0) is 0 Å². The number of hydrogen-bond donors (Lipinski definition) is 1. The molecule has 1 heterocycles. The predicted molar refractivity (Wildman–Crippen MR) is 99.2 cm³/mol. The van der Waals surface area contributed by atoms with E-state index in [4.69, 9.17) is 0 Å². The highest BCUT2D eigenvalue weighted by atomic mass is 79.9. The summed E-state index contributed by atoms with van der Waals surface area (Å²) in [5.74, 6) is 0. The Kier molecular flexibility index (Phi) is 4.79. The SMILES string of the molecule is CCNC(c1cc(Br)cc(Br)c1)c1csc2ccccc12. The standard InChI is InChI=1S/C17H15Br2NS/c1-2-20-17(11-7-12(18)9-13(19)8-11)15-10-21-16-6-4-3-5-14(15)16/h3-10,17,20H,2H2,1H3. The monoisotopic (exact) mass is 423 g/mol. The molecule has 21 heavy (non-hydrogen) atoms. The van der Waals surface area contributed by atoms with Gasteiger partial charge in [-0.3, -0.25) is 0 Å². The molecule has 0 aliphatic carbocycles. The summed E-state index contributed by atoms with van der Waals surface area (Å²) in [6, 6.07) is 15.2. The number of benzene rings is 2. The van der Waals surface area contributed by atoms with Gasteiger partial charge in [0.1, 0.15) is 0 Å². The van der Waals surface area contributed by atoms with Crippen LogP contribution in [0.25, 0.3) is 10.1 Å². The van der Waals surface area contributed by atoms with Crippen molar-refractivity contribution in [3.05, 3.63) is 67.9 Å². The largest absolute Gasteiger partial charge is 0.306 e. The predicted octanol–water partition coefficient (Wildman–Crippen LogP) is 6.13. The van der Waals surface area contributed by atoms with Crippen molar-refractivity contribution in [1.29, 1.82) is 0 Å². The molecule has 0 aliphatic rings. The van der Waals surface area contributed by atoms with Crippen LogP contribution in [0.2, 0.25) is 0 Å². The van der Waals surface area contributed by atoms with Crippen LogP contribution in [0.15, 0.2) is 56.8 Å². The maximum atomic E-state index is 3.61. The maximum Gasteiger partial charge on any atom is 0.0591 e. The first-order valence-electron chi connectivity index (χ1n) is 6.84. The minimum absolute atomic E-state index is 0.208. The Morgan fingerprint density at radius 2 is 1.81 bits per heavy atom. The Labute approximate surface area is 145 Å². The molecular weight excluding hydrogens is 410 g/mol. The van der Waals surface area contributed by atoms with Crippen molar-refractivity contribution in [1.82, 2.24) is 5.32 Å². The van der Waals surface area contributed by atoms with E-state index in [0.29, 0.717) is 0 Å². The molecule has 2 aromatic carbocycles. The maximum absolute atomic E-state index is 3.61. The van der Waals surface area contributed by atoms with Crippen molar-refractivity contribution < 1.29 is 0 Å². The Balaban J connectivity index is 2.13.